The Labute approximate surface area is 131 Å². The van der Waals surface area contributed by atoms with Gasteiger partial charge >= 0.3 is 0 Å². The molecule has 2 aromatic carbocycles. The molecule has 23 heavy (non-hydrogen) atoms. The van der Waals surface area contributed by atoms with Gasteiger partial charge in [0, 0.05) is 12.1 Å². The van der Waals surface area contributed by atoms with Gasteiger partial charge in [0.1, 0.15) is 17.3 Å². The van der Waals surface area contributed by atoms with E-state index in [0.717, 1.165) is 12.1 Å². The van der Waals surface area contributed by atoms with E-state index in [1.165, 1.54) is 14.2 Å². The molecule has 2 rings (SSSR count). The van der Waals surface area contributed by atoms with Gasteiger partial charge in [-0.2, -0.15) is 0 Å². The molecule has 0 aliphatic carbocycles. The fourth-order valence-corrected chi connectivity index (χ4v) is 1.82. The normalized spacial score (nSPS) is 10.1. The van der Waals surface area contributed by atoms with Gasteiger partial charge in [-0.25, -0.2) is 8.78 Å². The first-order chi connectivity index (χ1) is 11.0. The molecule has 0 aliphatic rings. The van der Waals surface area contributed by atoms with Crippen LogP contribution in [-0.4, -0.2) is 26.7 Å². The maximum Gasteiger partial charge on any atom is 0.262 e. The van der Waals surface area contributed by atoms with Gasteiger partial charge in [0.25, 0.3) is 5.91 Å². The number of hydrogen-bond donors (Lipinski definition) is 1. The van der Waals surface area contributed by atoms with Crippen molar-refractivity contribution in [2.24, 2.45) is 0 Å². The maximum absolute atomic E-state index is 13.4. The highest BCUT2D eigenvalue weighted by atomic mass is 19.1. The Morgan fingerprint density at radius 1 is 1.04 bits per heavy atom. The van der Waals surface area contributed by atoms with Crippen molar-refractivity contribution < 1.29 is 27.8 Å². The van der Waals surface area contributed by atoms with Gasteiger partial charge in [0.15, 0.2) is 18.2 Å². The lowest BCUT2D eigenvalue weighted by Gasteiger charge is -2.12. The summed E-state index contributed by atoms with van der Waals surface area (Å²) < 4.78 is 41.4. The van der Waals surface area contributed by atoms with E-state index in [9.17, 15) is 13.6 Å². The standard InChI is InChI=1S/C16H15F2NO4/c1-21-11-4-5-13(15(8-11)22-2)19-16(20)9-23-14-6-3-10(17)7-12(14)18/h3-8H,9H2,1-2H3,(H,19,20). The summed E-state index contributed by atoms with van der Waals surface area (Å²) in [7, 11) is 2.97. The minimum Gasteiger partial charge on any atom is -0.497 e. The molecule has 0 fully saturated rings. The summed E-state index contributed by atoms with van der Waals surface area (Å²) in [5, 5.41) is 2.57. The third-order valence-corrected chi connectivity index (χ3v) is 2.94. The van der Waals surface area contributed by atoms with Crippen LogP contribution in [0.15, 0.2) is 36.4 Å². The van der Waals surface area contributed by atoms with E-state index >= 15 is 0 Å². The zero-order valence-electron chi connectivity index (χ0n) is 12.6. The van der Waals surface area contributed by atoms with Crippen LogP contribution in [0.1, 0.15) is 0 Å². The fraction of sp³-hybridized carbons (Fsp3) is 0.188. The topological polar surface area (TPSA) is 56.8 Å². The van der Waals surface area contributed by atoms with Gasteiger partial charge < -0.3 is 19.5 Å². The lowest BCUT2D eigenvalue weighted by Crippen LogP contribution is -2.20. The molecule has 1 N–H and O–H groups in total. The average Bonchev–Trinajstić information content (AvgIpc) is 2.54. The van der Waals surface area contributed by atoms with Crippen LogP contribution in [0.5, 0.6) is 17.2 Å². The molecule has 1 amide bonds. The molecule has 0 radical (unpaired) electrons. The zero-order chi connectivity index (χ0) is 16.8. The van der Waals surface area contributed by atoms with Crippen LogP contribution in [0.3, 0.4) is 0 Å². The summed E-state index contributed by atoms with van der Waals surface area (Å²) in [5.74, 6) is -1.34. The van der Waals surface area contributed by atoms with Gasteiger partial charge in [-0.15, -0.1) is 0 Å². The Kier molecular flexibility index (Phi) is 5.35. The molecular formula is C16H15F2NO4. The van der Waals surface area contributed by atoms with Crippen molar-refractivity contribution in [3.8, 4) is 17.2 Å². The monoisotopic (exact) mass is 323 g/mol. The second-order valence-electron chi connectivity index (χ2n) is 4.48. The lowest BCUT2D eigenvalue weighted by atomic mass is 10.2. The van der Waals surface area contributed by atoms with E-state index in [-0.39, 0.29) is 5.75 Å². The van der Waals surface area contributed by atoms with Crippen molar-refractivity contribution in [3.05, 3.63) is 48.0 Å². The van der Waals surface area contributed by atoms with Crippen molar-refractivity contribution in [2.75, 3.05) is 26.1 Å². The van der Waals surface area contributed by atoms with Crippen LogP contribution in [-0.2, 0) is 4.79 Å². The number of anilines is 1. The number of benzene rings is 2. The molecule has 7 heteroatoms. The number of carbonyl (C=O) groups excluding carboxylic acids is 1. The van der Waals surface area contributed by atoms with E-state index in [1.807, 2.05) is 0 Å². The van der Waals surface area contributed by atoms with E-state index < -0.39 is 24.1 Å². The fourth-order valence-electron chi connectivity index (χ4n) is 1.82. The molecule has 0 spiro atoms. The largest absolute Gasteiger partial charge is 0.497 e. The number of carbonyl (C=O) groups is 1. The third kappa shape index (κ3) is 4.32. The van der Waals surface area contributed by atoms with Crippen LogP contribution in [0, 0.1) is 11.6 Å². The van der Waals surface area contributed by atoms with Crippen molar-refractivity contribution in [1.82, 2.24) is 0 Å². The molecule has 0 heterocycles. The molecule has 0 aromatic heterocycles. The van der Waals surface area contributed by atoms with Crippen LogP contribution in [0.4, 0.5) is 14.5 Å². The zero-order valence-corrected chi connectivity index (χ0v) is 12.6. The summed E-state index contributed by atoms with van der Waals surface area (Å²) in [6.07, 6.45) is 0. The van der Waals surface area contributed by atoms with Gasteiger partial charge in [0.05, 0.1) is 19.9 Å². The number of amides is 1. The molecule has 0 saturated heterocycles. The van der Waals surface area contributed by atoms with Crippen LogP contribution in [0.2, 0.25) is 0 Å². The van der Waals surface area contributed by atoms with Gasteiger partial charge in [-0.05, 0) is 24.3 Å². The van der Waals surface area contributed by atoms with E-state index in [4.69, 9.17) is 14.2 Å². The van der Waals surface area contributed by atoms with E-state index in [2.05, 4.69) is 5.32 Å². The van der Waals surface area contributed by atoms with Gasteiger partial charge in [-0.3, -0.25) is 4.79 Å². The summed E-state index contributed by atoms with van der Waals surface area (Å²) in [5.41, 5.74) is 0.418. The molecule has 0 unspecified atom stereocenters. The van der Waals surface area contributed by atoms with E-state index in [0.29, 0.717) is 23.3 Å². The van der Waals surface area contributed by atoms with Crippen molar-refractivity contribution in [2.45, 2.75) is 0 Å². The minimum atomic E-state index is -0.875. The van der Waals surface area contributed by atoms with Crippen LogP contribution >= 0.6 is 0 Å². The Balaban J connectivity index is 1.99. The lowest BCUT2D eigenvalue weighted by molar-refractivity contribution is -0.118. The molecule has 2 aromatic rings. The number of methoxy groups -OCH3 is 2. The molecule has 0 bridgehead atoms. The predicted molar refractivity (Wildman–Crippen MR) is 80.0 cm³/mol. The summed E-state index contributed by atoms with van der Waals surface area (Å²) in [6, 6.07) is 7.71. The summed E-state index contributed by atoms with van der Waals surface area (Å²) >= 11 is 0. The Bertz CT molecular complexity index is 706. The first kappa shape index (κ1) is 16.5. The summed E-state index contributed by atoms with van der Waals surface area (Å²) in [4.78, 5) is 11.9. The smallest absolute Gasteiger partial charge is 0.262 e. The maximum atomic E-state index is 13.4. The highest BCUT2D eigenvalue weighted by molar-refractivity contribution is 5.93. The highest BCUT2D eigenvalue weighted by Crippen LogP contribution is 2.29. The number of halogens is 2. The molecule has 0 atom stereocenters. The molecular weight excluding hydrogens is 308 g/mol. The third-order valence-electron chi connectivity index (χ3n) is 2.94. The molecule has 0 aliphatic heterocycles. The first-order valence-corrected chi connectivity index (χ1v) is 6.63. The van der Waals surface area contributed by atoms with Gasteiger partial charge in [0.2, 0.25) is 0 Å². The number of rotatable bonds is 6. The van der Waals surface area contributed by atoms with Crippen LogP contribution < -0.4 is 19.5 Å². The summed E-state index contributed by atoms with van der Waals surface area (Å²) in [6.45, 7) is -0.433. The Morgan fingerprint density at radius 3 is 2.48 bits per heavy atom. The number of nitrogens with one attached hydrogen (secondary N) is 1. The van der Waals surface area contributed by atoms with E-state index in [1.54, 1.807) is 18.2 Å². The predicted octanol–water partition coefficient (Wildman–Crippen LogP) is 3.00. The van der Waals surface area contributed by atoms with Crippen LogP contribution in [0.25, 0.3) is 0 Å². The Morgan fingerprint density at radius 2 is 1.83 bits per heavy atom. The Hall–Kier alpha value is -2.83. The number of hydrogen-bond acceptors (Lipinski definition) is 4. The molecule has 0 saturated carbocycles. The average molecular weight is 323 g/mol. The van der Waals surface area contributed by atoms with Crippen molar-refractivity contribution >= 4 is 11.6 Å². The van der Waals surface area contributed by atoms with Gasteiger partial charge in [-0.1, -0.05) is 0 Å². The second kappa shape index (κ2) is 7.44. The number of ether oxygens (including phenoxy) is 3. The molecule has 122 valence electrons. The SMILES string of the molecule is COc1ccc(NC(=O)COc2ccc(F)cc2F)c(OC)c1. The van der Waals surface area contributed by atoms with Crippen molar-refractivity contribution in [1.29, 1.82) is 0 Å². The quantitative estimate of drug-likeness (QED) is 0.888. The minimum absolute atomic E-state index is 0.205. The van der Waals surface area contributed by atoms with Crippen molar-refractivity contribution in [3.63, 3.8) is 0 Å². The first-order valence-electron chi connectivity index (χ1n) is 6.63. The second-order valence-corrected chi connectivity index (χ2v) is 4.48. The highest BCUT2D eigenvalue weighted by Gasteiger charge is 2.11. The molecule has 5 nitrogen and oxygen atoms in total.